The maximum atomic E-state index is 6.19. The summed E-state index contributed by atoms with van der Waals surface area (Å²) in [4.78, 5) is 0. The van der Waals surface area contributed by atoms with Crippen LogP contribution in [-0.4, -0.2) is 10.2 Å². The molecule has 0 unspecified atom stereocenters. The minimum atomic E-state index is 0.732. The van der Waals surface area contributed by atoms with Gasteiger partial charge in [0.2, 0.25) is 0 Å². The number of aromatic amines is 1. The third kappa shape index (κ3) is 2.36. The molecule has 0 atom stereocenters. The van der Waals surface area contributed by atoms with Crippen molar-refractivity contribution in [1.82, 2.24) is 10.2 Å². The van der Waals surface area contributed by atoms with Crippen LogP contribution in [0.4, 0.5) is 5.69 Å². The molecule has 1 aromatic heterocycles. The Morgan fingerprint density at radius 3 is 2.21 bits per heavy atom. The summed E-state index contributed by atoms with van der Waals surface area (Å²) in [6.45, 7) is 0. The minimum Gasteiger partial charge on any atom is -0.395 e. The van der Waals surface area contributed by atoms with E-state index in [-0.39, 0.29) is 0 Å². The van der Waals surface area contributed by atoms with E-state index in [2.05, 4.69) is 22.3 Å². The second-order valence-corrected chi connectivity index (χ2v) is 4.49. The smallest absolute Gasteiger partial charge is 0.0901 e. The zero-order chi connectivity index (χ0) is 13.1. The molecule has 2 aromatic carbocycles. The van der Waals surface area contributed by atoms with Gasteiger partial charge in [-0.25, -0.2) is 0 Å². The van der Waals surface area contributed by atoms with E-state index in [4.69, 9.17) is 5.73 Å². The first-order valence-corrected chi connectivity index (χ1v) is 6.26. The molecule has 0 saturated heterocycles. The number of nitrogens with two attached hydrogens (primary N) is 1. The van der Waals surface area contributed by atoms with Crippen molar-refractivity contribution < 1.29 is 0 Å². The van der Waals surface area contributed by atoms with Crippen molar-refractivity contribution in [2.45, 2.75) is 6.42 Å². The van der Waals surface area contributed by atoms with E-state index in [1.165, 1.54) is 5.56 Å². The number of nitrogens with one attached hydrogen (secondary N) is 1. The van der Waals surface area contributed by atoms with Gasteiger partial charge in [0.05, 0.1) is 17.1 Å². The molecule has 0 aliphatic rings. The van der Waals surface area contributed by atoms with E-state index < -0.39 is 0 Å². The minimum absolute atomic E-state index is 0.732. The van der Waals surface area contributed by atoms with Gasteiger partial charge in [-0.3, -0.25) is 5.10 Å². The summed E-state index contributed by atoms with van der Waals surface area (Å²) in [7, 11) is 0. The summed E-state index contributed by atoms with van der Waals surface area (Å²) >= 11 is 0. The highest BCUT2D eigenvalue weighted by atomic mass is 15.1. The van der Waals surface area contributed by atoms with Crippen molar-refractivity contribution in [2.75, 3.05) is 5.73 Å². The van der Waals surface area contributed by atoms with Crippen LogP contribution in [0.3, 0.4) is 0 Å². The maximum absolute atomic E-state index is 6.19. The number of hydrogen-bond donors (Lipinski definition) is 2. The second kappa shape index (κ2) is 4.98. The van der Waals surface area contributed by atoms with Crippen LogP contribution in [0.25, 0.3) is 11.3 Å². The van der Waals surface area contributed by atoms with Crippen molar-refractivity contribution >= 4 is 5.69 Å². The number of rotatable bonds is 3. The molecule has 19 heavy (non-hydrogen) atoms. The van der Waals surface area contributed by atoms with E-state index in [1.807, 2.05) is 48.5 Å². The number of benzene rings is 2. The van der Waals surface area contributed by atoms with Gasteiger partial charge in [-0.2, -0.15) is 5.10 Å². The summed E-state index contributed by atoms with van der Waals surface area (Å²) in [5, 5.41) is 7.37. The molecule has 0 bridgehead atoms. The van der Waals surface area contributed by atoms with Crippen LogP contribution in [-0.2, 0) is 6.42 Å². The first kappa shape index (κ1) is 11.5. The fourth-order valence-corrected chi connectivity index (χ4v) is 2.14. The lowest BCUT2D eigenvalue weighted by atomic mass is 10.1. The van der Waals surface area contributed by atoms with E-state index >= 15 is 0 Å². The topological polar surface area (TPSA) is 54.7 Å². The third-order valence-corrected chi connectivity index (χ3v) is 3.16. The molecule has 1 heterocycles. The monoisotopic (exact) mass is 249 g/mol. The van der Waals surface area contributed by atoms with Gasteiger partial charge in [0.25, 0.3) is 0 Å². The van der Waals surface area contributed by atoms with Crippen LogP contribution in [0.5, 0.6) is 0 Å². The van der Waals surface area contributed by atoms with Gasteiger partial charge in [-0.15, -0.1) is 0 Å². The van der Waals surface area contributed by atoms with E-state index in [1.54, 1.807) is 0 Å². The van der Waals surface area contributed by atoms with Crippen LogP contribution in [0.2, 0.25) is 0 Å². The molecule has 3 aromatic rings. The lowest BCUT2D eigenvalue weighted by molar-refractivity contribution is 1.000. The highest BCUT2D eigenvalue weighted by Crippen LogP contribution is 2.26. The normalized spacial score (nSPS) is 10.5. The molecule has 0 saturated carbocycles. The molecule has 3 rings (SSSR count). The zero-order valence-electron chi connectivity index (χ0n) is 10.5. The fraction of sp³-hybridized carbons (Fsp3) is 0.0625. The predicted molar refractivity (Wildman–Crippen MR) is 77.7 cm³/mol. The molecule has 3 nitrogen and oxygen atoms in total. The summed E-state index contributed by atoms with van der Waals surface area (Å²) in [6.07, 6.45) is 0.746. The van der Waals surface area contributed by atoms with Gasteiger partial charge < -0.3 is 5.73 Å². The van der Waals surface area contributed by atoms with Gasteiger partial charge >= 0.3 is 0 Å². The Morgan fingerprint density at radius 1 is 0.895 bits per heavy atom. The fourth-order valence-electron chi connectivity index (χ4n) is 2.14. The zero-order valence-corrected chi connectivity index (χ0v) is 10.5. The number of anilines is 1. The summed E-state index contributed by atoms with van der Waals surface area (Å²) in [6, 6.07) is 20.2. The Labute approximate surface area is 112 Å². The molecule has 0 aliphatic carbocycles. The molecule has 94 valence electrons. The number of aromatic nitrogens is 2. The van der Waals surface area contributed by atoms with Crippen LogP contribution in [0.1, 0.15) is 11.3 Å². The standard InChI is InChI=1S/C16H15N3/c17-15-14(11-12-7-3-1-4-8-12)18-19-16(15)13-9-5-2-6-10-13/h1-10H,11,17H2,(H,18,19). The summed E-state index contributed by atoms with van der Waals surface area (Å²) in [5.74, 6) is 0. The molecule has 0 amide bonds. The average molecular weight is 249 g/mol. The quantitative estimate of drug-likeness (QED) is 0.748. The Bertz CT molecular complexity index is 657. The predicted octanol–water partition coefficient (Wildman–Crippen LogP) is 3.25. The third-order valence-electron chi connectivity index (χ3n) is 3.16. The number of nitrogens with zero attached hydrogens (tertiary/aromatic N) is 1. The highest BCUT2D eigenvalue weighted by molar-refractivity contribution is 5.74. The first-order valence-electron chi connectivity index (χ1n) is 6.26. The van der Waals surface area contributed by atoms with E-state index in [0.717, 1.165) is 29.1 Å². The molecular weight excluding hydrogens is 234 g/mol. The Kier molecular flexibility index (Phi) is 3.02. The number of hydrogen-bond acceptors (Lipinski definition) is 2. The lowest BCUT2D eigenvalue weighted by Crippen LogP contribution is -1.94. The van der Waals surface area contributed by atoms with Crippen molar-refractivity contribution in [1.29, 1.82) is 0 Å². The largest absolute Gasteiger partial charge is 0.395 e. The SMILES string of the molecule is Nc1c(Cc2ccccc2)n[nH]c1-c1ccccc1. The van der Waals surface area contributed by atoms with Crippen LogP contribution < -0.4 is 5.73 Å². The van der Waals surface area contributed by atoms with Crippen molar-refractivity contribution in [3.63, 3.8) is 0 Å². The van der Waals surface area contributed by atoms with Gasteiger partial charge in [0.1, 0.15) is 0 Å². The van der Waals surface area contributed by atoms with Gasteiger partial charge in [0.15, 0.2) is 0 Å². The van der Waals surface area contributed by atoms with E-state index in [9.17, 15) is 0 Å². The molecule has 0 aliphatic heterocycles. The molecule has 0 spiro atoms. The summed E-state index contributed by atoms with van der Waals surface area (Å²) < 4.78 is 0. The average Bonchev–Trinajstić information content (AvgIpc) is 2.82. The first-order chi connectivity index (χ1) is 9.34. The maximum Gasteiger partial charge on any atom is 0.0901 e. The highest BCUT2D eigenvalue weighted by Gasteiger charge is 2.11. The van der Waals surface area contributed by atoms with Crippen LogP contribution in [0, 0.1) is 0 Å². The number of H-pyrrole nitrogens is 1. The molecule has 3 heteroatoms. The Hall–Kier alpha value is -2.55. The van der Waals surface area contributed by atoms with Crippen molar-refractivity contribution in [3.8, 4) is 11.3 Å². The number of nitrogen functional groups attached to an aromatic ring is 1. The van der Waals surface area contributed by atoms with Crippen molar-refractivity contribution in [2.24, 2.45) is 0 Å². The van der Waals surface area contributed by atoms with Crippen LogP contribution >= 0.6 is 0 Å². The van der Waals surface area contributed by atoms with Crippen LogP contribution in [0.15, 0.2) is 60.7 Å². The van der Waals surface area contributed by atoms with Gasteiger partial charge in [-0.05, 0) is 5.56 Å². The summed E-state index contributed by atoms with van der Waals surface area (Å²) in [5.41, 5.74) is 11.0. The van der Waals surface area contributed by atoms with Gasteiger partial charge in [-0.1, -0.05) is 60.7 Å². The molecular formula is C16H15N3. The molecule has 3 N–H and O–H groups in total. The van der Waals surface area contributed by atoms with Crippen molar-refractivity contribution in [3.05, 3.63) is 71.9 Å². The van der Waals surface area contributed by atoms with E-state index in [0.29, 0.717) is 0 Å². The van der Waals surface area contributed by atoms with Gasteiger partial charge in [0, 0.05) is 12.0 Å². The Balaban J connectivity index is 1.92. The lowest BCUT2D eigenvalue weighted by Gasteiger charge is -2.01. The molecule has 0 fully saturated rings. The second-order valence-electron chi connectivity index (χ2n) is 4.49. The molecule has 0 radical (unpaired) electrons. The Morgan fingerprint density at radius 2 is 1.53 bits per heavy atom.